The predicted molar refractivity (Wildman–Crippen MR) is 77.4 cm³/mol. The van der Waals surface area contributed by atoms with Crippen LogP contribution < -0.4 is 0 Å². The zero-order valence-electron chi connectivity index (χ0n) is 11.4. The van der Waals surface area contributed by atoms with Crippen molar-refractivity contribution in [1.82, 2.24) is 4.90 Å². The first kappa shape index (κ1) is 15.2. The van der Waals surface area contributed by atoms with Crippen LogP contribution in [0.1, 0.15) is 37.0 Å². The van der Waals surface area contributed by atoms with Gasteiger partial charge in [-0.15, -0.1) is 0 Å². The molecule has 0 fully saturated rings. The largest absolute Gasteiger partial charge is 0.306 e. The number of halogens is 1. The van der Waals surface area contributed by atoms with Gasteiger partial charge in [-0.3, -0.25) is 4.79 Å². The van der Waals surface area contributed by atoms with Crippen LogP contribution in [0.25, 0.3) is 0 Å². The summed E-state index contributed by atoms with van der Waals surface area (Å²) in [7, 11) is 2.07. The van der Waals surface area contributed by atoms with Gasteiger partial charge < -0.3 is 4.90 Å². The van der Waals surface area contributed by atoms with E-state index in [-0.39, 0.29) is 5.78 Å². The smallest absolute Gasteiger partial charge is 0.164 e. The molecule has 0 aromatic heterocycles. The van der Waals surface area contributed by atoms with Crippen molar-refractivity contribution in [2.24, 2.45) is 5.92 Å². The second-order valence-electron chi connectivity index (χ2n) is 4.96. The van der Waals surface area contributed by atoms with Crippen molar-refractivity contribution in [2.75, 3.05) is 20.1 Å². The van der Waals surface area contributed by atoms with Gasteiger partial charge in [-0.2, -0.15) is 0 Å². The summed E-state index contributed by atoms with van der Waals surface area (Å²) in [5, 5.41) is 0.619. The van der Waals surface area contributed by atoms with Crippen molar-refractivity contribution < 1.29 is 4.79 Å². The van der Waals surface area contributed by atoms with E-state index in [4.69, 9.17) is 11.6 Å². The minimum atomic E-state index is 0.161. The molecule has 0 heterocycles. The molecule has 1 aromatic carbocycles. The quantitative estimate of drug-likeness (QED) is 0.699. The molecule has 0 saturated heterocycles. The van der Waals surface area contributed by atoms with Crippen LogP contribution in [0.5, 0.6) is 0 Å². The molecule has 2 nitrogen and oxygen atoms in total. The molecule has 0 spiro atoms. The molecule has 0 radical (unpaired) electrons. The van der Waals surface area contributed by atoms with Gasteiger partial charge >= 0.3 is 0 Å². The van der Waals surface area contributed by atoms with Crippen molar-refractivity contribution in [1.29, 1.82) is 0 Å². The van der Waals surface area contributed by atoms with Gasteiger partial charge in [0.15, 0.2) is 5.78 Å². The lowest BCUT2D eigenvalue weighted by Gasteiger charge is -2.19. The highest BCUT2D eigenvalue weighted by Crippen LogP contribution is 2.12. The van der Waals surface area contributed by atoms with E-state index < -0.39 is 0 Å². The van der Waals surface area contributed by atoms with Crippen LogP contribution in [-0.2, 0) is 0 Å². The van der Waals surface area contributed by atoms with E-state index >= 15 is 0 Å². The maximum absolute atomic E-state index is 12.0. The highest BCUT2D eigenvalue weighted by atomic mass is 35.5. The van der Waals surface area contributed by atoms with E-state index in [1.54, 1.807) is 12.1 Å². The molecule has 100 valence electrons. The number of rotatable bonds is 7. The van der Waals surface area contributed by atoms with Crippen LogP contribution in [0.2, 0.25) is 5.02 Å². The fourth-order valence-electron chi connectivity index (χ4n) is 1.85. The van der Waals surface area contributed by atoms with Gasteiger partial charge in [-0.25, -0.2) is 0 Å². The SMILES string of the molecule is CCC(C)CN(C)CCC(=O)c1cccc(Cl)c1. The second-order valence-corrected chi connectivity index (χ2v) is 5.40. The Hall–Kier alpha value is -0.860. The Morgan fingerprint density at radius 1 is 1.44 bits per heavy atom. The predicted octanol–water partition coefficient (Wildman–Crippen LogP) is 3.89. The van der Waals surface area contributed by atoms with Gasteiger partial charge in [0.2, 0.25) is 0 Å². The number of carbonyl (C=O) groups is 1. The van der Waals surface area contributed by atoms with Crippen molar-refractivity contribution in [3.63, 3.8) is 0 Å². The molecule has 0 N–H and O–H groups in total. The zero-order valence-corrected chi connectivity index (χ0v) is 12.2. The van der Waals surface area contributed by atoms with Gasteiger partial charge in [-0.1, -0.05) is 44.0 Å². The molecule has 18 heavy (non-hydrogen) atoms. The van der Waals surface area contributed by atoms with E-state index in [2.05, 4.69) is 25.8 Å². The van der Waals surface area contributed by atoms with E-state index in [0.29, 0.717) is 22.9 Å². The van der Waals surface area contributed by atoms with Crippen LogP contribution in [0.3, 0.4) is 0 Å². The summed E-state index contributed by atoms with van der Waals surface area (Å²) < 4.78 is 0. The highest BCUT2D eigenvalue weighted by molar-refractivity contribution is 6.31. The fraction of sp³-hybridized carbons (Fsp3) is 0.533. The van der Waals surface area contributed by atoms with E-state index in [9.17, 15) is 4.79 Å². The Morgan fingerprint density at radius 3 is 2.78 bits per heavy atom. The maximum atomic E-state index is 12.0. The van der Waals surface area contributed by atoms with Crippen LogP contribution in [0, 0.1) is 5.92 Å². The fourth-order valence-corrected chi connectivity index (χ4v) is 2.04. The van der Waals surface area contributed by atoms with Gasteiger partial charge in [0.1, 0.15) is 0 Å². The molecule has 0 aliphatic carbocycles. The molecule has 0 bridgehead atoms. The molecule has 0 aliphatic rings. The Morgan fingerprint density at radius 2 is 2.17 bits per heavy atom. The molecule has 0 saturated carbocycles. The molecule has 1 aromatic rings. The van der Waals surface area contributed by atoms with Crippen LogP contribution in [0.4, 0.5) is 0 Å². The summed E-state index contributed by atoms with van der Waals surface area (Å²) in [5.74, 6) is 0.838. The van der Waals surface area contributed by atoms with E-state index in [1.165, 1.54) is 6.42 Å². The Balaban J connectivity index is 2.41. The molecule has 0 aliphatic heterocycles. The lowest BCUT2D eigenvalue weighted by Crippen LogP contribution is -2.26. The first-order valence-electron chi connectivity index (χ1n) is 6.50. The Labute approximate surface area is 115 Å². The number of ketones is 1. The number of nitrogens with zero attached hydrogens (tertiary/aromatic N) is 1. The second kappa shape index (κ2) is 7.55. The van der Waals surface area contributed by atoms with Gasteiger partial charge in [0.05, 0.1) is 0 Å². The molecule has 1 rings (SSSR count). The third-order valence-corrected chi connectivity index (χ3v) is 3.42. The summed E-state index contributed by atoms with van der Waals surface area (Å²) in [6, 6.07) is 7.16. The summed E-state index contributed by atoms with van der Waals surface area (Å²) in [6.07, 6.45) is 1.72. The first-order valence-corrected chi connectivity index (χ1v) is 6.88. The normalized spacial score (nSPS) is 12.7. The molecular formula is C15H22ClNO. The maximum Gasteiger partial charge on any atom is 0.164 e. The van der Waals surface area contributed by atoms with Gasteiger partial charge in [-0.05, 0) is 25.1 Å². The third kappa shape index (κ3) is 5.19. The van der Waals surface area contributed by atoms with Crippen molar-refractivity contribution in [2.45, 2.75) is 26.7 Å². The number of hydrogen-bond donors (Lipinski definition) is 0. The molecule has 1 atom stereocenters. The van der Waals surface area contributed by atoms with Crippen molar-refractivity contribution in [3.05, 3.63) is 34.9 Å². The average Bonchev–Trinajstić information content (AvgIpc) is 2.35. The standard InChI is InChI=1S/C15H22ClNO/c1-4-12(2)11-17(3)9-8-15(18)13-6-5-7-14(16)10-13/h5-7,10,12H,4,8-9,11H2,1-3H3. The topological polar surface area (TPSA) is 20.3 Å². The minimum Gasteiger partial charge on any atom is -0.306 e. The third-order valence-electron chi connectivity index (χ3n) is 3.19. The lowest BCUT2D eigenvalue weighted by molar-refractivity contribution is 0.0966. The number of benzene rings is 1. The van der Waals surface area contributed by atoms with Crippen molar-refractivity contribution in [3.8, 4) is 0 Å². The molecule has 1 unspecified atom stereocenters. The Kier molecular flexibility index (Phi) is 6.37. The number of carbonyl (C=O) groups excluding carboxylic acids is 1. The van der Waals surface area contributed by atoms with Crippen LogP contribution in [0.15, 0.2) is 24.3 Å². The summed E-state index contributed by atoms with van der Waals surface area (Å²) in [6.45, 7) is 6.26. The summed E-state index contributed by atoms with van der Waals surface area (Å²) in [5.41, 5.74) is 0.708. The zero-order chi connectivity index (χ0) is 13.5. The van der Waals surface area contributed by atoms with Crippen molar-refractivity contribution >= 4 is 17.4 Å². The van der Waals surface area contributed by atoms with Crippen LogP contribution in [-0.4, -0.2) is 30.8 Å². The first-order chi connectivity index (χ1) is 8.52. The minimum absolute atomic E-state index is 0.161. The van der Waals surface area contributed by atoms with E-state index in [1.807, 2.05) is 12.1 Å². The van der Waals surface area contributed by atoms with E-state index in [0.717, 1.165) is 13.1 Å². The molecule has 0 amide bonds. The number of hydrogen-bond acceptors (Lipinski definition) is 2. The van der Waals surface area contributed by atoms with Gasteiger partial charge in [0, 0.05) is 30.1 Å². The number of Topliss-reactive ketones (excluding diaryl/α,β-unsaturated/α-hetero) is 1. The van der Waals surface area contributed by atoms with Gasteiger partial charge in [0.25, 0.3) is 0 Å². The average molecular weight is 268 g/mol. The lowest BCUT2D eigenvalue weighted by atomic mass is 10.1. The van der Waals surface area contributed by atoms with Crippen LogP contribution >= 0.6 is 11.6 Å². The summed E-state index contributed by atoms with van der Waals surface area (Å²) in [4.78, 5) is 14.2. The summed E-state index contributed by atoms with van der Waals surface area (Å²) >= 11 is 5.88. The molecular weight excluding hydrogens is 246 g/mol. The highest BCUT2D eigenvalue weighted by Gasteiger charge is 2.09. The molecule has 3 heteroatoms. The Bertz CT molecular complexity index is 392. The monoisotopic (exact) mass is 267 g/mol.